The summed E-state index contributed by atoms with van der Waals surface area (Å²) < 4.78 is 5.62. The monoisotopic (exact) mass is 249 g/mol. The smallest absolute Gasteiger partial charge is 0.238 e. The first-order valence-electron chi connectivity index (χ1n) is 5.15. The maximum atomic E-state index is 6.12. The fourth-order valence-electron chi connectivity index (χ4n) is 1.37. The second kappa shape index (κ2) is 5.12. The lowest BCUT2D eigenvalue weighted by molar-refractivity contribution is 0.456. The highest BCUT2D eigenvalue weighted by molar-refractivity contribution is 6.32. The van der Waals surface area contributed by atoms with Crippen LogP contribution in [0.3, 0.4) is 0 Å². The molecule has 0 spiro atoms. The molecule has 0 aliphatic rings. The summed E-state index contributed by atoms with van der Waals surface area (Å²) >= 11 is 6.12. The highest BCUT2D eigenvalue weighted by Gasteiger charge is 2.10. The van der Waals surface area contributed by atoms with Gasteiger partial charge in [-0.25, -0.2) is 4.98 Å². The molecule has 17 heavy (non-hydrogen) atoms. The second-order valence-electron chi connectivity index (χ2n) is 3.48. The van der Waals surface area contributed by atoms with Gasteiger partial charge in [0.25, 0.3) is 0 Å². The zero-order chi connectivity index (χ0) is 12.3. The summed E-state index contributed by atoms with van der Waals surface area (Å²) in [5.41, 5.74) is 7.15. The van der Waals surface area contributed by atoms with Gasteiger partial charge in [-0.1, -0.05) is 11.6 Å². The van der Waals surface area contributed by atoms with Crippen LogP contribution in [0.5, 0.6) is 11.6 Å². The number of hydrogen-bond donors (Lipinski definition) is 1. The van der Waals surface area contributed by atoms with Crippen LogP contribution < -0.4 is 10.5 Å². The Bertz CT molecular complexity index is 531. The summed E-state index contributed by atoms with van der Waals surface area (Å²) in [6.45, 7) is 2.21. The molecule has 2 aromatic heterocycles. The third-order valence-electron chi connectivity index (χ3n) is 2.32. The summed E-state index contributed by atoms with van der Waals surface area (Å²) in [6.07, 6.45) is 3.32. The zero-order valence-corrected chi connectivity index (χ0v) is 10.1. The minimum atomic E-state index is 0.351. The predicted octanol–water partition coefficient (Wildman–Crippen LogP) is 2.69. The van der Waals surface area contributed by atoms with Crippen LogP contribution in [0.1, 0.15) is 11.3 Å². The van der Waals surface area contributed by atoms with Crippen molar-refractivity contribution in [3.05, 3.63) is 46.9 Å². The molecular formula is C12H12ClN3O. The second-order valence-corrected chi connectivity index (χ2v) is 3.86. The van der Waals surface area contributed by atoms with E-state index in [9.17, 15) is 0 Å². The van der Waals surface area contributed by atoms with E-state index in [1.807, 2.05) is 13.0 Å². The Morgan fingerprint density at radius 2 is 2.12 bits per heavy atom. The van der Waals surface area contributed by atoms with Gasteiger partial charge in [0, 0.05) is 18.9 Å². The van der Waals surface area contributed by atoms with Gasteiger partial charge in [-0.05, 0) is 30.7 Å². The Morgan fingerprint density at radius 3 is 2.82 bits per heavy atom. The van der Waals surface area contributed by atoms with Crippen LogP contribution >= 0.6 is 11.6 Å². The lowest BCUT2D eigenvalue weighted by Crippen LogP contribution is -2.00. The highest BCUT2D eigenvalue weighted by atomic mass is 35.5. The Morgan fingerprint density at radius 1 is 1.29 bits per heavy atom. The molecule has 0 fully saturated rings. The Balaban J connectivity index is 2.34. The number of nitrogens with zero attached hydrogens (tertiary/aromatic N) is 2. The number of rotatable bonds is 3. The van der Waals surface area contributed by atoms with Crippen molar-refractivity contribution >= 4 is 11.6 Å². The number of pyridine rings is 2. The number of ether oxygens (including phenoxy) is 1. The SMILES string of the molecule is Cc1ncccc1Oc1nccc(CN)c1Cl. The Hall–Kier alpha value is -1.65. The van der Waals surface area contributed by atoms with Gasteiger partial charge in [0.05, 0.1) is 5.69 Å². The quantitative estimate of drug-likeness (QED) is 0.909. The van der Waals surface area contributed by atoms with E-state index in [1.165, 1.54) is 0 Å². The van der Waals surface area contributed by atoms with Crippen LogP contribution in [0.25, 0.3) is 0 Å². The topological polar surface area (TPSA) is 61.0 Å². The van der Waals surface area contributed by atoms with Gasteiger partial charge in [0.1, 0.15) is 5.02 Å². The molecule has 2 aromatic rings. The van der Waals surface area contributed by atoms with Gasteiger partial charge in [-0.2, -0.15) is 0 Å². The van der Waals surface area contributed by atoms with E-state index in [4.69, 9.17) is 22.1 Å². The molecule has 0 saturated carbocycles. The standard InChI is InChI=1S/C12H12ClN3O/c1-8-10(3-2-5-15-8)17-12-11(13)9(7-14)4-6-16-12/h2-6H,7,14H2,1H3. The summed E-state index contributed by atoms with van der Waals surface area (Å²) in [6, 6.07) is 5.38. The van der Waals surface area contributed by atoms with E-state index < -0.39 is 0 Å². The van der Waals surface area contributed by atoms with Gasteiger partial charge in [0.15, 0.2) is 5.75 Å². The minimum absolute atomic E-state index is 0.351. The molecule has 88 valence electrons. The minimum Gasteiger partial charge on any atom is -0.436 e. The van der Waals surface area contributed by atoms with Crippen molar-refractivity contribution in [2.45, 2.75) is 13.5 Å². The van der Waals surface area contributed by atoms with Crippen molar-refractivity contribution in [1.29, 1.82) is 0 Å². The summed E-state index contributed by atoms with van der Waals surface area (Å²) in [4.78, 5) is 8.21. The fraction of sp³-hybridized carbons (Fsp3) is 0.167. The Kier molecular flexibility index (Phi) is 3.56. The number of nitrogens with two attached hydrogens (primary N) is 1. The van der Waals surface area contributed by atoms with Crippen molar-refractivity contribution in [2.24, 2.45) is 5.73 Å². The molecule has 2 heterocycles. The summed E-state index contributed by atoms with van der Waals surface area (Å²) in [5.74, 6) is 0.988. The predicted molar refractivity (Wildman–Crippen MR) is 66.2 cm³/mol. The average Bonchev–Trinajstić information content (AvgIpc) is 2.34. The Labute approximate surface area is 104 Å². The molecule has 0 amide bonds. The van der Waals surface area contributed by atoms with Crippen LogP contribution in [-0.2, 0) is 6.54 Å². The molecule has 0 saturated heterocycles. The maximum Gasteiger partial charge on any atom is 0.238 e. The fourth-order valence-corrected chi connectivity index (χ4v) is 1.60. The first kappa shape index (κ1) is 11.8. The molecule has 2 rings (SSSR count). The number of aryl methyl sites for hydroxylation is 1. The third kappa shape index (κ3) is 2.54. The van der Waals surface area contributed by atoms with Gasteiger partial charge >= 0.3 is 0 Å². The molecule has 0 aliphatic carbocycles. The van der Waals surface area contributed by atoms with E-state index in [-0.39, 0.29) is 0 Å². The molecule has 0 radical (unpaired) electrons. The van der Waals surface area contributed by atoms with Crippen LogP contribution in [0, 0.1) is 6.92 Å². The maximum absolute atomic E-state index is 6.12. The zero-order valence-electron chi connectivity index (χ0n) is 9.35. The summed E-state index contributed by atoms with van der Waals surface area (Å²) in [5, 5.41) is 0.443. The number of hydrogen-bond acceptors (Lipinski definition) is 4. The molecule has 0 aromatic carbocycles. The number of halogens is 1. The van der Waals surface area contributed by atoms with Crippen LogP contribution in [0.4, 0.5) is 0 Å². The van der Waals surface area contributed by atoms with E-state index in [0.717, 1.165) is 11.3 Å². The van der Waals surface area contributed by atoms with E-state index in [2.05, 4.69) is 9.97 Å². The van der Waals surface area contributed by atoms with Crippen molar-refractivity contribution in [3.63, 3.8) is 0 Å². The van der Waals surface area contributed by atoms with Gasteiger partial charge in [-0.15, -0.1) is 0 Å². The molecule has 0 aliphatic heterocycles. The van der Waals surface area contributed by atoms with Crippen molar-refractivity contribution < 1.29 is 4.74 Å². The highest BCUT2D eigenvalue weighted by Crippen LogP contribution is 2.30. The first-order valence-corrected chi connectivity index (χ1v) is 5.53. The molecule has 0 atom stereocenters. The molecule has 0 unspecified atom stereocenters. The van der Waals surface area contributed by atoms with E-state index in [0.29, 0.717) is 23.2 Å². The molecule has 5 heteroatoms. The first-order chi connectivity index (χ1) is 8.22. The van der Waals surface area contributed by atoms with Crippen molar-refractivity contribution in [2.75, 3.05) is 0 Å². The van der Waals surface area contributed by atoms with Crippen LogP contribution in [0.15, 0.2) is 30.6 Å². The average molecular weight is 250 g/mol. The molecule has 2 N–H and O–H groups in total. The van der Waals surface area contributed by atoms with Gasteiger partial charge in [-0.3, -0.25) is 4.98 Å². The van der Waals surface area contributed by atoms with Gasteiger partial charge < -0.3 is 10.5 Å². The van der Waals surface area contributed by atoms with E-state index >= 15 is 0 Å². The number of aromatic nitrogens is 2. The van der Waals surface area contributed by atoms with Crippen molar-refractivity contribution in [3.8, 4) is 11.6 Å². The third-order valence-corrected chi connectivity index (χ3v) is 2.73. The lowest BCUT2D eigenvalue weighted by atomic mass is 10.2. The molecule has 4 nitrogen and oxygen atoms in total. The van der Waals surface area contributed by atoms with Crippen LogP contribution in [-0.4, -0.2) is 9.97 Å². The van der Waals surface area contributed by atoms with Gasteiger partial charge in [0.2, 0.25) is 5.88 Å². The lowest BCUT2D eigenvalue weighted by Gasteiger charge is -2.09. The normalized spacial score (nSPS) is 10.3. The van der Waals surface area contributed by atoms with E-state index in [1.54, 1.807) is 24.5 Å². The molecular weight excluding hydrogens is 238 g/mol. The summed E-state index contributed by atoms with van der Waals surface area (Å²) in [7, 11) is 0. The molecule has 0 bridgehead atoms. The van der Waals surface area contributed by atoms with Crippen LogP contribution in [0.2, 0.25) is 5.02 Å². The van der Waals surface area contributed by atoms with Crippen molar-refractivity contribution in [1.82, 2.24) is 9.97 Å². The largest absolute Gasteiger partial charge is 0.436 e.